The van der Waals surface area contributed by atoms with E-state index in [1.54, 1.807) is 12.4 Å². The molecular weight excluding hydrogens is 382 g/mol. The van der Waals surface area contributed by atoms with Crippen molar-refractivity contribution in [3.8, 4) is 11.5 Å². The molecule has 0 amide bonds. The minimum Gasteiger partial charge on any atom is -0.503 e. The summed E-state index contributed by atoms with van der Waals surface area (Å²) >= 11 is 0. The number of esters is 1. The number of benzene rings is 2. The number of carbonyl (C=O) groups excluding carboxylic acids is 1. The molecule has 0 aliphatic carbocycles. The molecule has 0 bridgehead atoms. The molecular formula is C24H23NO5. The minimum absolute atomic E-state index is 0.266. The van der Waals surface area contributed by atoms with Crippen LogP contribution >= 0.6 is 0 Å². The van der Waals surface area contributed by atoms with Gasteiger partial charge in [-0.15, -0.1) is 0 Å². The number of rotatable bonds is 9. The zero-order valence-electron chi connectivity index (χ0n) is 16.9. The number of carbonyl (C=O) groups is 1. The summed E-state index contributed by atoms with van der Waals surface area (Å²) in [5, 5.41) is 0. The van der Waals surface area contributed by atoms with Crippen molar-refractivity contribution < 1.29 is 23.7 Å². The van der Waals surface area contributed by atoms with Crippen LogP contribution in [0.1, 0.15) is 16.7 Å². The molecule has 0 radical (unpaired) electrons. The summed E-state index contributed by atoms with van der Waals surface area (Å²) in [6.45, 7) is 0.709. The van der Waals surface area contributed by atoms with E-state index in [0.29, 0.717) is 29.2 Å². The molecule has 154 valence electrons. The first-order valence-electron chi connectivity index (χ1n) is 9.35. The molecule has 6 nitrogen and oxygen atoms in total. The first kappa shape index (κ1) is 20.9. The SMILES string of the molecule is CO/C=C(/C(=O)OC)c1ccccc1COc1cccc(OCc2ccncc2)c1. The maximum absolute atomic E-state index is 12.1. The van der Waals surface area contributed by atoms with Crippen molar-refractivity contribution in [1.82, 2.24) is 4.98 Å². The third kappa shape index (κ3) is 5.61. The Balaban J connectivity index is 1.70. The lowest BCUT2D eigenvalue weighted by atomic mass is 10.0. The van der Waals surface area contributed by atoms with Gasteiger partial charge in [0.2, 0.25) is 0 Å². The predicted octanol–water partition coefficient (Wildman–Crippen LogP) is 4.40. The van der Waals surface area contributed by atoms with E-state index in [2.05, 4.69) is 4.98 Å². The van der Waals surface area contributed by atoms with Crippen LogP contribution in [0.4, 0.5) is 0 Å². The zero-order chi connectivity index (χ0) is 21.2. The molecule has 0 spiro atoms. The Labute approximate surface area is 175 Å². The normalized spacial score (nSPS) is 10.9. The number of methoxy groups -OCH3 is 2. The lowest BCUT2D eigenvalue weighted by molar-refractivity contribution is -0.133. The van der Waals surface area contributed by atoms with Gasteiger partial charge in [-0.2, -0.15) is 0 Å². The molecule has 0 saturated carbocycles. The van der Waals surface area contributed by atoms with Crippen LogP contribution < -0.4 is 9.47 Å². The molecule has 0 fully saturated rings. The molecule has 0 atom stereocenters. The Hall–Kier alpha value is -3.80. The average Bonchev–Trinajstić information content (AvgIpc) is 2.80. The number of hydrogen-bond donors (Lipinski definition) is 0. The molecule has 0 N–H and O–H groups in total. The molecule has 2 aromatic carbocycles. The fourth-order valence-corrected chi connectivity index (χ4v) is 2.82. The van der Waals surface area contributed by atoms with E-state index in [1.165, 1.54) is 20.5 Å². The number of pyridine rings is 1. The molecule has 0 saturated heterocycles. The summed E-state index contributed by atoms with van der Waals surface area (Å²) < 4.78 is 21.7. The Morgan fingerprint density at radius 2 is 1.60 bits per heavy atom. The van der Waals surface area contributed by atoms with E-state index in [0.717, 1.165) is 11.1 Å². The van der Waals surface area contributed by atoms with Gasteiger partial charge in [-0.05, 0) is 41.0 Å². The van der Waals surface area contributed by atoms with Crippen molar-refractivity contribution in [2.24, 2.45) is 0 Å². The van der Waals surface area contributed by atoms with Gasteiger partial charge >= 0.3 is 5.97 Å². The second kappa shape index (κ2) is 10.7. The van der Waals surface area contributed by atoms with E-state index in [-0.39, 0.29) is 6.61 Å². The van der Waals surface area contributed by atoms with E-state index in [4.69, 9.17) is 18.9 Å². The van der Waals surface area contributed by atoms with Gasteiger partial charge in [0, 0.05) is 18.5 Å². The molecule has 0 unspecified atom stereocenters. The van der Waals surface area contributed by atoms with Gasteiger partial charge in [-0.3, -0.25) is 4.98 Å². The maximum atomic E-state index is 12.1. The standard InChI is InChI=1S/C24H23NO5/c1-27-17-23(24(26)28-2)22-9-4-3-6-19(22)16-30-21-8-5-7-20(14-21)29-15-18-10-12-25-13-11-18/h3-14,17H,15-16H2,1-2H3/b23-17+. The predicted molar refractivity (Wildman–Crippen MR) is 113 cm³/mol. The highest BCUT2D eigenvalue weighted by atomic mass is 16.5. The first-order valence-corrected chi connectivity index (χ1v) is 9.35. The molecule has 1 aromatic heterocycles. The van der Waals surface area contributed by atoms with E-state index in [9.17, 15) is 4.79 Å². The van der Waals surface area contributed by atoms with Crippen LogP contribution in [0.5, 0.6) is 11.5 Å². The minimum atomic E-state index is -0.476. The fraction of sp³-hybridized carbons (Fsp3) is 0.167. The Morgan fingerprint density at radius 1 is 0.900 bits per heavy atom. The molecule has 0 aliphatic rings. The molecule has 3 rings (SSSR count). The van der Waals surface area contributed by atoms with Crippen LogP contribution in [0, 0.1) is 0 Å². The zero-order valence-corrected chi connectivity index (χ0v) is 16.9. The van der Waals surface area contributed by atoms with Crippen LogP contribution in [0.15, 0.2) is 79.3 Å². The molecule has 0 aliphatic heterocycles. The quantitative estimate of drug-likeness (QED) is 0.299. The van der Waals surface area contributed by atoms with Crippen molar-refractivity contribution in [2.45, 2.75) is 13.2 Å². The Bertz CT molecular complexity index is 1000. The van der Waals surface area contributed by atoms with Crippen molar-refractivity contribution in [3.05, 3.63) is 96.0 Å². The number of ether oxygens (including phenoxy) is 4. The largest absolute Gasteiger partial charge is 0.503 e. The lowest BCUT2D eigenvalue weighted by Crippen LogP contribution is -2.08. The van der Waals surface area contributed by atoms with Crippen molar-refractivity contribution in [3.63, 3.8) is 0 Å². The monoisotopic (exact) mass is 405 g/mol. The third-order valence-electron chi connectivity index (χ3n) is 4.30. The lowest BCUT2D eigenvalue weighted by Gasteiger charge is -2.13. The van der Waals surface area contributed by atoms with Crippen LogP contribution in [0.25, 0.3) is 5.57 Å². The summed E-state index contributed by atoms with van der Waals surface area (Å²) in [6, 6.07) is 18.7. The third-order valence-corrected chi connectivity index (χ3v) is 4.30. The van der Waals surface area contributed by atoms with Crippen molar-refractivity contribution in [1.29, 1.82) is 0 Å². The van der Waals surface area contributed by atoms with Crippen LogP contribution in [-0.2, 0) is 27.5 Å². The second-order valence-corrected chi connectivity index (χ2v) is 6.32. The molecule has 30 heavy (non-hydrogen) atoms. The van der Waals surface area contributed by atoms with E-state index >= 15 is 0 Å². The fourth-order valence-electron chi connectivity index (χ4n) is 2.82. The molecule has 6 heteroatoms. The van der Waals surface area contributed by atoms with Crippen LogP contribution in [0.2, 0.25) is 0 Å². The topological polar surface area (TPSA) is 66.9 Å². The smallest absolute Gasteiger partial charge is 0.341 e. The maximum Gasteiger partial charge on any atom is 0.341 e. The van der Waals surface area contributed by atoms with E-state index < -0.39 is 5.97 Å². The van der Waals surface area contributed by atoms with E-state index in [1.807, 2.05) is 60.7 Å². The van der Waals surface area contributed by atoms with Crippen LogP contribution in [-0.4, -0.2) is 25.2 Å². The highest BCUT2D eigenvalue weighted by molar-refractivity contribution is 6.16. The van der Waals surface area contributed by atoms with Gasteiger partial charge < -0.3 is 18.9 Å². The Morgan fingerprint density at radius 3 is 2.30 bits per heavy atom. The van der Waals surface area contributed by atoms with Gasteiger partial charge in [0.1, 0.15) is 30.3 Å². The summed E-state index contributed by atoms with van der Waals surface area (Å²) in [5.74, 6) is 0.885. The summed E-state index contributed by atoms with van der Waals surface area (Å²) in [7, 11) is 2.82. The average molecular weight is 405 g/mol. The van der Waals surface area contributed by atoms with Gasteiger partial charge in [0.05, 0.1) is 20.5 Å². The molecule has 1 heterocycles. The molecule has 3 aromatic rings. The number of aromatic nitrogens is 1. The first-order chi connectivity index (χ1) is 14.7. The summed E-state index contributed by atoms with van der Waals surface area (Å²) in [4.78, 5) is 16.1. The van der Waals surface area contributed by atoms with Gasteiger partial charge in [-0.1, -0.05) is 30.3 Å². The van der Waals surface area contributed by atoms with Gasteiger partial charge in [0.25, 0.3) is 0 Å². The van der Waals surface area contributed by atoms with Gasteiger partial charge in [0.15, 0.2) is 0 Å². The number of nitrogens with zero attached hydrogens (tertiary/aromatic N) is 1. The van der Waals surface area contributed by atoms with Gasteiger partial charge in [-0.25, -0.2) is 4.79 Å². The van der Waals surface area contributed by atoms with Crippen LogP contribution in [0.3, 0.4) is 0 Å². The van der Waals surface area contributed by atoms with Crippen molar-refractivity contribution >= 4 is 11.5 Å². The number of hydrogen-bond acceptors (Lipinski definition) is 6. The second-order valence-electron chi connectivity index (χ2n) is 6.32. The summed E-state index contributed by atoms with van der Waals surface area (Å²) in [6.07, 6.45) is 4.84. The highest BCUT2D eigenvalue weighted by Gasteiger charge is 2.17. The summed E-state index contributed by atoms with van der Waals surface area (Å²) in [5.41, 5.74) is 2.88. The Kier molecular flexibility index (Phi) is 7.44. The highest BCUT2D eigenvalue weighted by Crippen LogP contribution is 2.25. The van der Waals surface area contributed by atoms with Crippen molar-refractivity contribution in [2.75, 3.05) is 14.2 Å².